The maximum atomic E-state index is 14.5. The van der Waals surface area contributed by atoms with Crippen molar-refractivity contribution in [1.82, 2.24) is 29.5 Å². The van der Waals surface area contributed by atoms with Crippen LogP contribution in [0.5, 0.6) is 0 Å². The lowest BCUT2D eigenvalue weighted by molar-refractivity contribution is -0.118. The number of rotatable bonds is 7. The molecule has 0 fully saturated rings. The fraction of sp³-hybridized carbons (Fsp3) is 0.0909. The summed E-state index contributed by atoms with van der Waals surface area (Å²) >= 11 is 2.79. The Morgan fingerprint density at radius 2 is 1.91 bits per heavy atom. The lowest BCUT2D eigenvalue weighted by Gasteiger charge is -2.10. The van der Waals surface area contributed by atoms with Crippen LogP contribution in [0.1, 0.15) is 5.69 Å². The summed E-state index contributed by atoms with van der Waals surface area (Å²) in [4.78, 5) is 17.8. The second-order valence-electron chi connectivity index (χ2n) is 6.85. The lowest BCUT2D eigenvalue weighted by Crippen LogP contribution is -2.24. The molecule has 2 aromatic carbocycles. The highest BCUT2D eigenvalue weighted by Crippen LogP contribution is 2.29. The number of nitrogens with one attached hydrogen (secondary N) is 1. The van der Waals surface area contributed by atoms with Gasteiger partial charge in [-0.1, -0.05) is 42.1 Å². The number of carbonyl (C=O) groups excluding carboxylic acids is 1. The molecule has 0 aliphatic heterocycles. The van der Waals surface area contributed by atoms with Gasteiger partial charge in [-0.2, -0.15) is 0 Å². The van der Waals surface area contributed by atoms with Crippen LogP contribution in [-0.4, -0.2) is 35.8 Å². The van der Waals surface area contributed by atoms with Crippen LogP contribution in [0, 0.1) is 5.82 Å². The number of halogens is 1. The molecule has 0 spiro atoms. The van der Waals surface area contributed by atoms with Crippen molar-refractivity contribution in [2.45, 2.75) is 11.7 Å². The van der Waals surface area contributed by atoms with Crippen molar-refractivity contribution in [3.05, 3.63) is 83.9 Å². The molecule has 5 rings (SSSR count). The molecular weight excluding hydrogens is 447 g/mol. The molecule has 5 aromatic rings. The fourth-order valence-corrected chi connectivity index (χ4v) is 4.72. The van der Waals surface area contributed by atoms with Gasteiger partial charge in [0.25, 0.3) is 0 Å². The summed E-state index contributed by atoms with van der Waals surface area (Å²) in [5.74, 6) is -0.00665. The van der Waals surface area contributed by atoms with E-state index in [0.29, 0.717) is 23.1 Å². The summed E-state index contributed by atoms with van der Waals surface area (Å²) in [5.41, 5.74) is 1.93. The van der Waals surface area contributed by atoms with Crippen LogP contribution in [0.25, 0.3) is 22.0 Å². The van der Waals surface area contributed by atoms with E-state index >= 15 is 0 Å². The number of carbonyl (C=O) groups is 1. The maximum Gasteiger partial charge on any atom is 0.230 e. The van der Waals surface area contributed by atoms with E-state index in [9.17, 15) is 9.18 Å². The molecule has 1 amide bonds. The van der Waals surface area contributed by atoms with Gasteiger partial charge in [0.15, 0.2) is 15.9 Å². The second kappa shape index (κ2) is 8.93. The number of thioether (sulfide) groups is 1. The molecule has 0 bridgehead atoms. The average Bonchev–Trinajstić information content (AvgIpc) is 3.52. The van der Waals surface area contributed by atoms with Crippen LogP contribution < -0.4 is 5.32 Å². The van der Waals surface area contributed by atoms with E-state index < -0.39 is 0 Å². The monoisotopic (exact) mass is 464 g/mol. The molecule has 0 saturated carbocycles. The first-order chi connectivity index (χ1) is 15.7. The van der Waals surface area contributed by atoms with E-state index in [1.165, 1.54) is 17.8 Å². The first-order valence-electron chi connectivity index (χ1n) is 9.75. The molecule has 7 nitrogen and oxygen atoms in total. The van der Waals surface area contributed by atoms with Gasteiger partial charge in [0.1, 0.15) is 5.82 Å². The van der Waals surface area contributed by atoms with Gasteiger partial charge < -0.3 is 5.32 Å². The van der Waals surface area contributed by atoms with Crippen LogP contribution >= 0.6 is 23.1 Å². The zero-order chi connectivity index (χ0) is 21.9. The third-order valence-electron chi connectivity index (χ3n) is 4.70. The highest BCUT2D eigenvalue weighted by molar-refractivity contribution is 7.99. The summed E-state index contributed by atoms with van der Waals surface area (Å²) in [6.07, 6.45) is 3.82. The topological polar surface area (TPSA) is 77.1 Å². The van der Waals surface area contributed by atoms with Gasteiger partial charge in [0, 0.05) is 23.5 Å². The van der Waals surface area contributed by atoms with Crippen molar-refractivity contribution in [2.75, 3.05) is 5.75 Å². The largest absolute Gasteiger partial charge is 0.350 e. The summed E-state index contributed by atoms with van der Waals surface area (Å²) in [7, 11) is 0. The molecule has 160 valence electrons. The number of hydrogen-bond donors (Lipinski definition) is 1. The summed E-state index contributed by atoms with van der Waals surface area (Å²) in [6, 6.07) is 15.9. The zero-order valence-corrected chi connectivity index (χ0v) is 18.3. The third-order valence-corrected chi connectivity index (χ3v) is 6.40. The SMILES string of the molecule is O=C(CSc1nnc(-c2ccccc2F)n1-c1ccccc1)NCc1cn2ccsc2n1. The number of thiazole rings is 1. The van der Waals surface area contributed by atoms with Gasteiger partial charge in [0.2, 0.25) is 5.91 Å². The van der Waals surface area contributed by atoms with Crippen molar-refractivity contribution >= 4 is 34.0 Å². The van der Waals surface area contributed by atoms with Gasteiger partial charge >= 0.3 is 0 Å². The molecule has 32 heavy (non-hydrogen) atoms. The van der Waals surface area contributed by atoms with Crippen molar-refractivity contribution in [1.29, 1.82) is 0 Å². The first kappa shape index (κ1) is 20.4. The second-order valence-corrected chi connectivity index (χ2v) is 8.66. The van der Waals surface area contributed by atoms with E-state index in [0.717, 1.165) is 16.3 Å². The quantitative estimate of drug-likeness (QED) is 0.366. The Labute approximate surface area is 191 Å². The molecule has 0 saturated heterocycles. The van der Waals surface area contributed by atoms with Crippen molar-refractivity contribution in [3.63, 3.8) is 0 Å². The van der Waals surface area contributed by atoms with E-state index in [-0.39, 0.29) is 17.5 Å². The zero-order valence-electron chi connectivity index (χ0n) is 16.7. The van der Waals surface area contributed by atoms with Crippen molar-refractivity contribution < 1.29 is 9.18 Å². The van der Waals surface area contributed by atoms with Gasteiger partial charge in [-0.25, -0.2) is 9.37 Å². The number of aromatic nitrogens is 5. The molecule has 3 aromatic heterocycles. The minimum atomic E-state index is -0.383. The molecule has 3 heterocycles. The van der Waals surface area contributed by atoms with Crippen LogP contribution in [0.15, 0.2) is 77.5 Å². The molecule has 1 N–H and O–H groups in total. The predicted molar refractivity (Wildman–Crippen MR) is 122 cm³/mol. The van der Waals surface area contributed by atoms with Gasteiger partial charge in [-0.05, 0) is 24.3 Å². The molecule has 0 radical (unpaired) electrons. The summed E-state index contributed by atoms with van der Waals surface area (Å²) in [6.45, 7) is 0.347. The standard InChI is InChI=1S/C22H17FN6OS2/c23-18-9-5-4-8-17(18)20-26-27-22(29(20)16-6-2-1-3-7-16)32-14-19(30)24-12-15-13-28-10-11-31-21(28)25-15/h1-11,13H,12,14H2,(H,24,30). The minimum Gasteiger partial charge on any atom is -0.350 e. The Kier molecular flexibility index (Phi) is 5.70. The summed E-state index contributed by atoms with van der Waals surface area (Å²) in [5, 5.41) is 13.8. The molecular formula is C22H17FN6OS2. The average molecular weight is 465 g/mol. The van der Waals surface area contributed by atoms with Crippen molar-refractivity contribution in [3.8, 4) is 17.1 Å². The number of benzene rings is 2. The maximum absolute atomic E-state index is 14.5. The highest BCUT2D eigenvalue weighted by atomic mass is 32.2. The fourth-order valence-electron chi connectivity index (χ4n) is 3.22. The van der Waals surface area contributed by atoms with E-state index in [1.807, 2.05) is 52.5 Å². The van der Waals surface area contributed by atoms with Gasteiger partial charge in [-0.15, -0.1) is 21.5 Å². The third kappa shape index (κ3) is 4.14. The Morgan fingerprint density at radius 1 is 1.09 bits per heavy atom. The number of para-hydroxylation sites is 1. The van der Waals surface area contributed by atoms with Crippen LogP contribution in [-0.2, 0) is 11.3 Å². The number of fused-ring (bicyclic) bond motifs is 1. The van der Waals surface area contributed by atoms with E-state index in [1.54, 1.807) is 34.1 Å². The molecule has 0 aliphatic carbocycles. The Morgan fingerprint density at radius 3 is 2.72 bits per heavy atom. The predicted octanol–water partition coefficient (Wildman–Crippen LogP) is 4.19. The van der Waals surface area contributed by atoms with Crippen LogP contribution in [0.3, 0.4) is 0 Å². The smallest absolute Gasteiger partial charge is 0.230 e. The lowest BCUT2D eigenvalue weighted by atomic mass is 10.2. The van der Waals surface area contributed by atoms with Gasteiger partial charge in [-0.3, -0.25) is 13.8 Å². The van der Waals surface area contributed by atoms with Crippen LogP contribution in [0.4, 0.5) is 4.39 Å². The number of nitrogens with zero attached hydrogens (tertiary/aromatic N) is 5. The minimum absolute atomic E-state index is 0.143. The molecule has 0 atom stereocenters. The molecule has 0 unspecified atom stereocenters. The first-order valence-corrected chi connectivity index (χ1v) is 11.6. The van der Waals surface area contributed by atoms with Crippen LogP contribution in [0.2, 0.25) is 0 Å². The van der Waals surface area contributed by atoms with E-state index in [2.05, 4.69) is 20.5 Å². The Balaban J connectivity index is 1.33. The Bertz CT molecular complexity index is 1350. The number of hydrogen-bond acceptors (Lipinski definition) is 6. The molecule has 10 heteroatoms. The number of imidazole rings is 1. The highest BCUT2D eigenvalue weighted by Gasteiger charge is 2.19. The summed E-state index contributed by atoms with van der Waals surface area (Å²) < 4.78 is 18.1. The number of amides is 1. The normalized spacial score (nSPS) is 11.2. The van der Waals surface area contributed by atoms with Gasteiger partial charge in [0.05, 0.1) is 23.6 Å². The van der Waals surface area contributed by atoms with Crippen molar-refractivity contribution in [2.24, 2.45) is 0 Å². The van der Waals surface area contributed by atoms with E-state index in [4.69, 9.17) is 0 Å². The molecule has 0 aliphatic rings. The Hall–Kier alpha value is -3.50.